The van der Waals surface area contributed by atoms with Gasteiger partial charge in [0.2, 0.25) is 0 Å². The van der Waals surface area contributed by atoms with E-state index in [2.05, 4.69) is 225 Å². The Kier molecular flexibility index (Phi) is 9.44. The summed E-state index contributed by atoms with van der Waals surface area (Å²) in [6.45, 7) is 0. The van der Waals surface area contributed by atoms with Crippen LogP contribution in [0.2, 0.25) is 0 Å². The van der Waals surface area contributed by atoms with Gasteiger partial charge in [0.15, 0.2) is 0 Å². The normalized spacial score (nSPS) is 12.9. The van der Waals surface area contributed by atoms with Crippen LogP contribution in [0.1, 0.15) is 22.8 Å². The maximum Gasteiger partial charge on any atom is 0.132 e. The number of nitrogens with one attached hydrogen (secondary N) is 2. The van der Waals surface area contributed by atoms with Crippen LogP contribution < -0.4 is 13.4 Å². The smallest absolute Gasteiger partial charge is 0.132 e. The third-order valence-electron chi connectivity index (χ3n) is 11.6. The van der Waals surface area contributed by atoms with E-state index in [4.69, 9.17) is 9.97 Å². The van der Waals surface area contributed by atoms with Crippen molar-refractivity contribution in [2.45, 2.75) is 0 Å². The average Bonchev–Trinajstić information content (AvgIpc) is 4.06. The van der Waals surface area contributed by atoms with Gasteiger partial charge in [0.05, 0.1) is 86.2 Å². The van der Waals surface area contributed by atoms with Crippen LogP contribution in [0.4, 0.5) is 17.1 Å². The molecule has 0 unspecified atom stereocenters. The van der Waals surface area contributed by atoms with E-state index in [9.17, 15) is 0 Å². The topological polar surface area (TPSA) is 57.4 Å². The Morgan fingerprint density at radius 3 is 0.800 bits per heavy atom. The van der Waals surface area contributed by atoms with Crippen LogP contribution >= 0.6 is 0 Å². The molecular formula is C53H54N7+3. The van der Waals surface area contributed by atoms with Crippen LogP contribution in [0.3, 0.4) is 0 Å². The highest BCUT2D eigenvalue weighted by atomic mass is 15.3. The number of hydrogen-bond acceptors (Lipinski definition) is 2. The summed E-state index contributed by atoms with van der Waals surface area (Å²) in [5.74, 6) is 0. The fourth-order valence-electron chi connectivity index (χ4n) is 8.25. The molecule has 0 aliphatic carbocycles. The van der Waals surface area contributed by atoms with Gasteiger partial charge in [-0.05, 0) is 144 Å². The predicted molar refractivity (Wildman–Crippen MR) is 259 cm³/mol. The maximum absolute atomic E-state index is 5.51. The molecular weight excluding hydrogens is 735 g/mol. The molecule has 4 aromatic carbocycles. The third kappa shape index (κ3) is 7.32. The number of aromatic nitrogens is 4. The van der Waals surface area contributed by atoms with Crippen LogP contribution in [-0.4, -0.2) is 83.4 Å². The first-order valence-corrected chi connectivity index (χ1v) is 20.6. The van der Waals surface area contributed by atoms with Crippen molar-refractivity contribution in [1.29, 1.82) is 0 Å². The quantitative estimate of drug-likeness (QED) is 0.158. The Morgan fingerprint density at radius 1 is 0.300 bits per heavy atom. The molecule has 60 heavy (non-hydrogen) atoms. The van der Waals surface area contributed by atoms with Crippen LogP contribution in [0, 0.1) is 0 Å². The Morgan fingerprint density at radius 2 is 0.550 bits per heavy atom. The molecule has 0 radical (unpaired) electrons. The number of H-pyrrole nitrogens is 2. The molecule has 0 amide bonds. The van der Waals surface area contributed by atoms with Gasteiger partial charge in [-0.3, -0.25) is 13.4 Å². The van der Waals surface area contributed by atoms with E-state index >= 15 is 0 Å². The molecule has 2 N–H and O–H groups in total. The van der Waals surface area contributed by atoms with Gasteiger partial charge in [-0.1, -0.05) is 30.3 Å². The van der Waals surface area contributed by atoms with E-state index < -0.39 is 0 Å². The van der Waals surface area contributed by atoms with E-state index in [1.165, 1.54) is 17.1 Å². The lowest BCUT2D eigenvalue weighted by molar-refractivity contribution is 0.486. The van der Waals surface area contributed by atoms with Crippen LogP contribution in [0.15, 0.2) is 127 Å². The highest BCUT2D eigenvalue weighted by Crippen LogP contribution is 2.39. The summed E-state index contributed by atoms with van der Waals surface area (Å²) < 4.78 is 2.19. The van der Waals surface area contributed by atoms with Crippen LogP contribution in [0.5, 0.6) is 0 Å². The van der Waals surface area contributed by atoms with Crippen molar-refractivity contribution in [1.82, 2.24) is 33.4 Å². The molecule has 0 saturated carbocycles. The molecule has 9 rings (SSSR count). The number of quaternary nitrogens is 3. The molecule has 2 aliphatic rings. The molecule has 0 spiro atoms. The van der Waals surface area contributed by atoms with Crippen LogP contribution in [-0.2, 0) is 0 Å². The summed E-state index contributed by atoms with van der Waals surface area (Å²) in [5, 5.41) is 0. The molecule has 7 aromatic rings. The van der Waals surface area contributed by atoms with Crippen molar-refractivity contribution in [3.63, 3.8) is 0 Å². The average molecular weight is 789 g/mol. The minimum atomic E-state index is 0.730. The van der Waals surface area contributed by atoms with Gasteiger partial charge >= 0.3 is 0 Å². The molecule has 298 valence electrons. The van der Waals surface area contributed by atoms with Crippen molar-refractivity contribution in [3.8, 4) is 44.5 Å². The fraction of sp³-hybridized carbons (Fsp3) is 0.170. The molecule has 3 aromatic heterocycles. The van der Waals surface area contributed by atoms with E-state index in [0.29, 0.717) is 0 Å². The molecule has 0 fully saturated rings. The zero-order valence-electron chi connectivity index (χ0n) is 36.2. The van der Waals surface area contributed by atoms with Gasteiger partial charge in [0.25, 0.3) is 0 Å². The molecule has 0 saturated heterocycles. The Bertz CT molecular complexity index is 2920. The Labute approximate surface area is 353 Å². The molecule has 8 bridgehead atoms. The Hall–Kier alpha value is -6.64. The summed E-state index contributed by atoms with van der Waals surface area (Å²) in [6.07, 6.45) is 8.66. The molecule has 5 heterocycles. The van der Waals surface area contributed by atoms with Crippen LogP contribution in [0.25, 0.3) is 90.9 Å². The first kappa shape index (κ1) is 38.9. The molecule has 7 nitrogen and oxygen atoms in total. The molecule has 0 atom stereocenters. The minimum Gasteiger partial charge on any atom is -0.354 e. The van der Waals surface area contributed by atoms with Gasteiger partial charge in [-0.25, -0.2) is 9.97 Å². The number of benzene rings is 4. The zero-order valence-corrected chi connectivity index (χ0v) is 36.2. The standard InChI is InChI=1S/C53H54N7/c1-58(2,3)39-21-15-36(16-22-39)51-44-29-27-42(54-44)50(35-13-11-10-12-14-35)43-28-30-45(55-43)52(37-17-23-40(24-18-37)59(4,5)6)47-32-34-49(57-47)53(48-33-31-46(51)56-48)38-19-25-41(26-20-38)60(7,8)9/h10-34,54,57H,1-9H3/q+3. The van der Waals surface area contributed by atoms with Crippen molar-refractivity contribution < 1.29 is 0 Å². The third-order valence-corrected chi connectivity index (χ3v) is 11.6. The lowest BCUT2D eigenvalue weighted by Gasteiger charge is -2.23. The number of rotatable bonds is 7. The van der Waals surface area contributed by atoms with Gasteiger partial charge in [-0.2, -0.15) is 0 Å². The van der Waals surface area contributed by atoms with Crippen molar-refractivity contribution in [3.05, 3.63) is 150 Å². The maximum atomic E-state index is 5.51. The second-order valence-electron chi connectivity index (χ2n) is 18.5. The van der Waals surface area contributed by atoms with Gasteiger partial charge in [-0.15, -0.1) is 0 Å². The van der Waals surface area contributed by atoms with Crippen molar-refractivity contribution >= 4 is 63.4 Å². The largest absolute Gasteiger partial charge is 0.354 e. The fourth-order valence-corrected chi connectivity index (χ4v) is 8.25. The van der Waals surface area contributed by atoms with Gasteiger partial charge in [0.1, 0.15) is 17.1 Å². The summed E-state index contributed by atoms with van der Waals surface area (Å²) in [6, 6.07) is 46.1. The second kappa shape index (κ2) is 14.6. The van der Waals surface area contributed by atoms with Crippen molar-refractivity contribution in [2.75, 3.05) is 63.4 Å². The van der Waals surface area contributed by atoms with E-state index in [1.54, 1.807) is 0 Å². The molecule has 2 aliphatic heterocycles. The second-order valence-corrected chi connectivity index (χ2v) is 18.5. The highest BCUT2D eigenvalue weighted by molar-refractivity contribution is 6.00. The number of nitrogens with zero attached hydrogens (tertiary/aromatic N) is 5. The first-order chi connectivity index (χ1) is 28.6. The zero-order chi connectivity index (χ0) is 42.0. The van der Waals surface area contributed by atoms with E-state index in [0.717, 1.165) is 103 Å². The SMILES string of the molecule is C[N+](C)(C)c1ccc(-c2c3nc(c(-c4ccc([N+](C)(C)C)cc4)c4ccc([nH]4)c(-c4ccc([N+](C)(C)C)cc4)c4nc(c(-c5ccccc5)c5ccc2[nH]5)C=C4)C=C3)cc1. The number of fused-ring (bicyclic) bond motifs is 8. The Balaban J connectivity index is 1.42. The van der Waals surface area contributed by atoms with Crippen molar-refractivity contribution in [2.24, 2.45) is 0 Å². The highest BCUT2D eigenvalue weighted by Gasteiger charge is 2.21. The summed E-state index contributed by atoms with van der Waals surface area (Å²) in [4.78, 5) is 18.8. The first-order valence-electron chi connectivity index (χ1n) is 20.6. The molecule has 7 heteroatoms. The van der Waals surface area contributed by atoms with Gasteiger partial charge < -0.3 is 9.97 Å². The summed E-state index contributed by atoms with van der Waals surface area (Å²) in [5.41, 5.74) is 19.7. The van der Waals surface area contributed by atoms with Gasteiger partial charge in [0, 0.05) is 44.3 Å². The lowest BCUT2D eigenvalue weighted by Crippen LogP contribution is -2.34. The summed E-state index contributed by atoms with van der Waals surface area (Å²) >= 11 is 0. The van der Waals surface area contributed by atoms with E-state index in [1.807, 2.05) is 0 Å². The number of aromatic amines is 2. The predicted octanol–water partition coefficient (Wildman–Crippen LogP) is 11.9. The monoisotopic (exact) mass is 788 g/mol. The lowest BCUT2D eigenvalue weighted by atomic mass is 10.0. The number of hydrogen-bond donors (Lipinski definition) is 2. The summed E-state index contributed by atoms with van der Waals surface area (Å²) in [7, 11) is 19.8. The minimum absolute atomic E-state index is 0.730. The van der Waals surface area contributed by atoms with E-state index in [-0.39, 0.29) is 0 Å².